The van der Waals surface area contributed by atoms with Crippen LogP contribution < -0.4 is 15.0 Å². The molecule has 1 saturated heterocycles. The molecule has 4 heterocycles. The monoisotopic (exact) mass is 545 g/mol. The number of anilines is 1. The SMILES string of the molecule is Cc1ccc(Oc2ccc(N3C(=S)NC(c4ccccn4)C3c3cc(C)n(Cc4cccnc4)c3C)cc2)cc1. The third kappa shape index (κ3) is 5.08. The Labute approximate surface area is 240 Å². The molecule has 0 saturated carbocycles. The van der Waals surface area contributed by atoms with E-state index in [2.05, 4.69) is 70.9 Å². The number of ether oxygens (including phenoxy) is 1. The molecule has 2 atom stereocenters. The zero-order chi connectivity index (χ0) is 27.6. The van der Waals surface area contributed by atoms with Crippen LogP contribution in [0.4, 0.5) is 5.69 Å². The summed E-state index contributed by atoms with van der Waals surface area (Å²) in [4.78, 5) is 11.2. The summed E-state index contributed by atoms with van der Waals surface area (Å²) in [5.41, 5.74) is 7.91. The molecular formula is C33H31N5OS. The van der Waals surface area contributed by atoms with E-state index in [4.69, 9.17) is 21.9 Å². The summed E-state index contributed by atoms with van der Waals surface area (Å²) >= 11 is 5.96. The van der Waals surface area contributed by atoms with Gasteiger partial charge in [-0.25, -0.2) is 0 Å². The Bertz CT molecular complexity index is 1620. The Morgan fingerprint density at radius 1 is 0.875 bits per heavy atom. The van der Waals surface area contributed by atoms with Gasteiger partial charge in [0.15, 0.2) is 5.11 Å². The molecule has 6 nitrogen and oxygen atoms in total. The lowest BCUT2D eigenvalue weighted by Gasteiger charge is -2.28. The van der Waals surface area contributed by atoms with E-state index in [0.29, 0.717) is 5.11 Å². The zero-order valence-electron chi connectivity index (χ0n) is 22.8. The summed E-state index contributed by atoms with van der Waals surface area (Å²) in [6.45, 7) is 7.17. The maximum Gasteiger partial charge on any atom is 0.174 e. The lowest BCUT2D eigenvalue weighted by Crippen LogP contribution is -2.29. The molecule has 0 amide bonds. The summed E-state index contributed by atoms with van der Waals surface area (Å²) in [7, 11) is 0. The number of aryl methyl sites for hydroxylation is 2. The van der Waals surface area contributed by atoms with Crippen molar-refractivity contribution in [3.63, 3.8) is 0 Å². The minimum absolute atomic E-state index is 0.0832. The number of nitrogens with one attached hydrogen (secondary N) is 1. The fourth-order valence-electron chi connectivity index (χ4n) is 5.41. The van der Waals surface area contributed by atoms with E-state index >= 15 is 0 Å². The van der Waals surface area contributed by atoms with E-state index < -0.39 is 0 Å². The van der Waals surface area contributed by atoms with Crippen molar-refractivity contribution < 1.29 is 4.74 Å². The molecule has 1 aliphatic heterocycles. The van der Waals surface area contributed by atoms with Crippen LogP contribution in [0.3, 0.4) is 0 Å². The molecular weight excluding hydrogens is 514 g/mol. The molecule has 6 rings (SSSR count). The molecule has 1 aliphatic rings. The van der Waals surface area contributed by atoms with Gasteiger partial charge in [-0.15, -0.1) is 0 Å². The first-order chi connectivity index (χ1) is 19.5. The third-order valence-electron chi connectivity index (χ3n) is 7.46. The molecule has 7 heteroatoms. The molecule has 1 N–H and O–H groups in total. The smallest absolute Gasteiger partial charge is 0.174 e. The Morgan fingerprint density at radius 3 is 2.30 bits per heavy atom. The van der Waals surface area contributed by atoms with Gasteiger partial charge >= 0.3 is 0 Å². The van der Waals surface area contributed by atoms with Gasteiger partial charge in [0, 0.05) is 42.2 Å². The van der Waals surface area contributed by atoms with Crippen molar-refractivity contribution in [2.45, 2.75) is 39.4 Å². The Hall–Kier alpha value is -4.49. The third-order valence-corrected chi connectivity index (χ3v) is 7.78. The second-order valence-corrected chi connectivity index (χ2v) is 10.6. The summed E-state index contributed by atoms with van der Waals surface area (Å²) in [6.07, 6.45) is 5.57. The fourth-order valence-corrected chi connectivity index (χ4v) is 5.76. The van der Waals surface area contributed by atoms with Crippen LogP contribution in [0.5, 0.6) is 11.5 Å². The Balaban J connectivity index is 1.37. The Kier molecular flexibility index (Phi) is 7.05. The van der Waals surface area contributed by atoms with E-state index in [0.717, 1.165) is 29.4 Å². The van der Waals surface area contributed by atoms with Gasteiger partial charge in [-0.2, -0.15) is 0 Å². The van der Waals surface area contributed by atoms with Crippen molar-refractivity contribution in [1.82, 2.24) is 19.9 Å². The van der Waals surface area contributed by atoms with Gasteiger partial charge in [-0.1, -0.05) is 29.8 Å². The van der Waals surface area contributed by atoms with Gasteiger partial charge in [-0.05, 0) is 105 Å². The zero-order valence-corrected chi connectivity index (χ0v) is 23.6. The second kappa shape index (κ2) is 10.9. The van der Waals surface area contributed by atoms with Crippen LogP contribution in [0.25, 0.3) is 0 Å². The summed E-state index contributed by atoms with van der Waals surface area (Å²) in [5, 5.41) is 4.25. The molecule has 1 fully saturated rings. The van der Waals surface area contributed by atoms with E-state index in [1.807, 2.05) is 73.2 Å². The average Bonchev–Trinajstić information content (AvgIpc) is 3.46. The van der Waals surface area contributed by atoms with E-state index in [-0.39, 0.29) is 12.1 Å². The number of aromatic nitrogens is 3. The summed E-state index contributed by atoms with van der Waals surface area (Å²) < 4.78 is 8.44. The molecule has 5 aromatic rings. The van der Waals surface area contributed by atoms with Gasteiger partial charge in [0.25, 0.3) is 0 Å². The number of hydrogen-bond donors (Lipinski definition) is 1. The van der Waals surface area contributed by atoms with E-state index in [1.165, 1.54) is 28.1 Å². The topological polar surface area (TPSA) is 55.2 Å². The molecule has 200 valence electrons. The van der Waals surface area contributed by atoms with Gasteiger partial charge in [0.05, 0.1) is 17.8 Å². The van der Waals surface area contributed by atoms with Crippen LogP contribution in [0.1, 0.15) is 45.9 Å². The highest BCUT2D eigenvalue weighted by atomic mass is 32.1. The summed E-state index contributed by atoms with van der Waals surface area (Å²) in [6, 6.07) is 28.4. The van der Waals surface area contributed by atoms with E-state index in [9.17, 15) is 0 Å². The normalized spacial score (nSPS) is 16.7. The maximum absolute atomic E-state index is 6.09. The van der Waals surface area contributed by atoms with Gasteiger partial charge in [-0.3, -0.25) is 9.97 Å². The highest BCUT2D eigenvalue weighted by Crippen LogP contribution is 2.43. The molecule has 0 bridgehead atoms. The van der Waals surface area contributed by atoms with Gasteiger partial charge in [0.1, 0.15) is 11.5 Å². The van der Waals surface area contributed by atoms with Crippen molar-refractivity contribution in [1.29, 1.82) is 0 Å². The second-order valence-electron chi connectivity index (χ2n) is 10.2. The van der Waals surface area contributed by atoms with E-state index in [1.54, 1.807) is 0 Å². The van der Waals surface area contributed by atoms with Crippen molar-refractivity contribution in [3.8, 4) is 11.5 Å². The van der Waals surface area contributed by atoms with Crippen molar-refractivity contribution in [2.24, 2.45) is 0 Å². The maximum atomic E-state index is 6.09. The van der Waals surface area contributed by atoms with Crippen LogP contribution in [-0.2, 0) is 6.54 Å². The number of nitrogens with zero attached hydrogens (tertiary/aromatic N) is 4. The number of rotatable bonds is 7. The lowest BCUT2D eigenvalue weighted by atomic mass is 9.96. The van der Waals surface area contributed by atoms with Crippen LogP contribution in [-0.4, -0.2) is 19.6 Å². The molecule has 0 aliphatic carbocycles. The molecule has 0 radical (unpaired) electrons. The molecule has 2 aromatic carbocycles. The predicted octanol–water partition coefficient (Wildman–Crippen LogP) is 7.22. The predicted molar refractivity (Wildman–Crippen MR) is 163 cm³/mol. The van der Waals surface area contributed by atoms with Crippen molar-refractivity contribution in [2.75, 3.05) is 4.90 Å². The first-order valence-electron chi connectivity index (χ1n) is 13.4. The number of pyridine rings is 2. The number of thiocarbonyl (C=S) groups is 1. The Morgan fingerprint density at radius 2 is 1.62 bits per heavy atom. The quantitative estimate of drug-likeness (QED) is 0.218. The number of benzene rings is 2. The molecule has 3 aromatic heterocycles. The van der Waals surface area contributed by atoms with Crippen molar-refractivity contribution in [3.05, 3.63) is 137 Å². The molecule has 2 unspecified atom stereocenters. The number of hydrogen-bond acceptors (Lipinski definition) is 4. The van der Waals surface area contributed by atoms with Crippen molar-refractivity contribution >= 4 is 23.0 Å². The molecule has 40 heavy (non-hydrogen) atoms. The van der Waals surface area contributed by atoms with Crippen LogP contribution in [0.2, 0.25) is 0 Å². The fraction of sp³-hybridized carbons (Fsp3) is 0.182. The highest BCUT2D eigenvalue weighted by molar-refractivity contribution is 7.80. The van der Waals surface area contributed by atoms with Crippen LogP contribution >= 0.6 is 12.2 Å². The minimum Gasteiger partial charge on any atom is -0.457 e. The highest BCUT2D eigenvalue weighted by Gasteiger charge is 2.42. The van der Waals surface area contributed by atoms with Gasteiger partial charge < -0.3 is 19.5 Å². The summed E-state index contributed by atoms with van der Waals surface area (Å²) in [5.74, 6) is 1.59. The van der Waals surface area contributed by atoms with Crippen LogP contribution in [0, 0.1) is 20.8 Å². The minimum atomic E-state index is -0.107. The molecule has 0 spiro atoms. The standard InChI is InChI=1S/C33H31N5OS/c1-22-9-13-27(14-10-22)39-28-15-11-26(12-16-28)38-32(31(36-33(38)40)30-8-4-5-18-35-30)29-19-23(2)37(24(29)3)21-25-7-6-17-34-20-25/h4-20,31-32H,21H2,1-3H3,(H,36,40). The van der Waals surface area contributed by atoms with Gasteiger partial charge in [0.2, 0.25) is 0 Å². The largest absolute Gasteiger partial charge is 0.457 e. The van der Waals surface area contributed by atoms with Crippen LogP contribution in [0.15, 0.2) is 104 Å². The first-order valence-corrected chi connectivity index (χ1v) is 13.8. The lowest BCUT2D eigenvalue weighted by molar-refractivity contribution is 0.482. The first kappa shape index (κ1) is 25.8. The average molecular weight is 546 g/mol.